The summed E-state index contributed by atoms with van der Waals surface area (Å²) in [6.45, 7) is 16.5. The topological polar surface area (TPSA) is 96.4 Å². The molecule has 3 aliphatic heterocycles. The van der Waals surface area contributed by atoms with E-state index in [1.54, 1.807) is 15.9 Å². The van der Waals surface area contributed by atoms with Crippen LogP contribution in [0.5, 0.6) is 0 Å². The zero-order chi connectivity index (χ0) is 28.8. The number of allylic oxidation sites excluding steroid dienone is 1. The predicted molar refractivity (Wildman–Crippen MR) is 151 cm³/mol. The number of carbonyl (C=O) groups is 3. The molecule has 0 aliphatic carbocycles. The fourth-order valence-electron chi connectivity index (χ4n) is 7.00. The first-order chi connectivity index (χ1) is 18.7. The van der Waals surface area contributed by atoms with Crippen molar-refractivity contribution in [3.63, 3.8) is 0 Å². The smallest absolute Gasteiger partial charge is 0.312 e. The lowest BCUT2D eigenvalue weighted by Gasteiger charge is -2.41. The van der Waals surface area contributed by atoms with E-state index in [1.807, 2.05) is 26.8 Å². The maximum atomic E-state index is 14.4. The standard InChI is InChI=1S/C31H50N2O6/c1-7-11-13-15-20-38-29(37)25-24-27(35)33(23(21-34)22(5)10-4)26(31(24)17-16-30(25,6)39-31)28(36)32(18-9-3)19-14-12-8-2/h7,9,22-26,34H,1,3,8,10-21H2,2,4-6H3/t22-,23-,24-,25-,26?,30+,31?/m0/s1. The molecule has 8 heteroatoms. The second-order valence-corrected chi connectivity index (χ2v) is 11.8. The second kappa shape index (κ2) is 13.4. The van der Waals surface area contributed by atoms with E-state index in [2.05, 4.69) is 20.1 Å². The zero-order valence-electron chi connectivity index (χ0n) is 24.5. The minimum absolute atomic E-state index is 0.0412. The molecule has 0 aromatic heterocycles. The van der Waals surface area contributed by atoms with Gasteiger partial charge in [0, 0.05) is 13.1 Å². The van der Waals surface area contributed by atoms with Crippen molar-refractivity contribution in [3.05, 3.63) is 25.3 Å². The Labute approximate surface area is 234 Å². The third-order valence-corrected chi connectivity index (χ3v) is 9.29. The van der Waals surface area contributed by atoms with Crippen molar-refractivity contribution in [3.8, 4) is 0 Å². The molecular weight excluding hydrogens is 496 g/mol. The molecule has 39 heavy (non-hydrogen) atoms. The van der Waals surface area contributed by atoms with E-state index in [-0.39, 0.29) is 30.9 Å². The molecule has 3 aliphatic rings. The number of amides is 2. The normalized spacial score (nSPS) is 30.6. The van der Waals surface area contributed by atoms with Crippen molar-refractivity contribution in [1.82, 2.24) is 9.80 Å². The van der Waals surface area contributed by atoms with Gasteiger partial charge in [0.15, 0.2) is 0 Å². The number of nitrogens with zero attached hydrogens (tertiary/aromatic N) is 2. The van der Waals surface area contributed by atoms with Crippen LogP contribution in [-0.2, 0) is 23.9 Å². The van der Waals surface area contributed by atoms with Gasteiger partial charge in [-0.2, -0.15) is 0 Å². The van der Waals surface area contributed by atoms with Crippen molar-refractivity contribution in [2.45, 2.75) is 109 Å². The highest BCUT2D eigenvalue weighted by Crippen LogP contribution is 2.64. The average Bonchev–Trinajstić information content (AvgIpc) is 3.49. The van der Waals surface area contributed by atoms with Gasteiger partial charge in [-0.3, -0.25) is 14.4 Å². The van der Waals surface area contributed by atoms with Gasteiger partial charge in [-0.05, 0) is 51.4 Å². The van der Waals surface area contributed by atoms with Crippen LogP contribution in [0.1, 0.15) is 85.5 Å². The van der Waals surface area contributed by atoms with Crippen molar-refractivity contribution in [2.24, 2.45) is 17.8 Å². The predicted octanol–water partition coefficient (Wildman–Crippen LogP) is 4.26. The SMILES string of the molecule is C=CCCCCOC(=O)[C@@H]1[C@H]2C(=O)N([C@@H](CO)[C@@H](C)CC)C(C(=O)N(CC=C)CCCCC)C23CC[C@@]1(C)O3. The van der Waals surface area contributed by atoms with Crippen molar-refractivity contribution in [2.75, 3.05) is 26.3 Å². The maximum absolute atomic E-state index is 14.4. The van der Waals surface area contributed by atoms with Crippen LogP contribution in [0, 0.1) is 17.8 Å². The molecule has 3 rings (SSSR count). The maximum Gasteiger partial charge on any atom is 0.312 e. The Balaban J connectivity index is 2.01. The first-order valence-electron chi connectivity index (χ1n) is 15.0. The van der Waals surface area contributed by atoms with Crippen LogP contribution in [0.3, 0.4) is 0 Å². The lowest BCUT2D eigenvalue weighted by Crippen LogP contribution is -2.60. The molecule has 0 radical (unpaired) electrons. The number of esters is 1. The summed E-state index contributed by atoms with van der Waals surface area (Å²) in [7, 11) is 0. The molecule has 3 heterocycles. The van der Waals surface area contributed by atoms with E-state index >= 15 is 0 Å². The number of rotatable bonds is 17. The quantitative estimate of drug-likeness (QED) is 0.166. The summed E-state index contributed by atoms with van der Waals surface area (Å²) in [5.74, 6) is -2.55. The van der Waals surface area contributed by atoms with Crippen LogP contribution < -0.4 is 0 Å². The molecule has 2 bridgehead atoms. The number of hydrogen-bond donors (Lipinski definition) is 1. The Morgan fingerprint density at radius 2 is 1.95 bits per heavy atom. The highest BCUT2D eigenvalue weighted by molar-refractivity contribution is 5.98. The Hall–Kier alpha value is -2.19. The number of aliphatic hydroxyl groups excluding tert-OH is 1. The van der Waals surface area contributed by atoms with Crippen LogP contribution in [0.25, 0.3) is 0 Å². The molecule has 0 saturated carbocycles. The summed E-state index contributed by atoms with van der Waals surface area (Å²) in [4.78, 5) is 45.6. The number of ether oxygens (including phenoxy) is 2. The molecule has 2 unspecified atom stereocenters. The lowest BCUT2D eigenvalue weighted by atomic mass is 9.66. The van der Waals surface area contributed by atoms with Gasteiger partial charge in [0.25, 0.3) is 0 Å². The van der Waals surface area contributed by atoms with E-state index in [9.17, 15) is 19.5 Å². The number of carbonyl (C=O) groups excluding carboxylic acids is 3. The highest BCUT2D eigenvalue weighted by Gasteiger charge is 2.79. The van der Waals surface area contributed by atoms with E-state index in [1.165, 1.54) is 0 Å². The summed E-state index contributed by atoms with van der Waals surface area (Å²) in [5.41, 5.74) is -2.00. The van der Waals surface area contributed by atoms with Crippen LogP contribution in [0.15, 0.2) is 25.3 Å². The molecular formula is C31H50N2O6. The monoisotopic (exact) mass is 546 g/mol. The van der Waals surface area contributed by atoms with E-state index in [4.69, 9.17) is 9.47 Å². The zero-order valence-corrected chi connectivity index (χ0v) is 24.5. The van der Waals surface area contributed by atoms with Gasteiger partial charge < -0.3 is 24.4 Å². The summed E-state index contributed by atoms with van der Waals surface area (Å²) < 4.78 is 12.4. The van der Waals surface area contributed by atoms with Crippen molar-refractivity contribution >= 4 is 17.8 Å². The van der Waals surface area contributed by atoms with Gasteiger partial charge in [-0.25, -0.2) is 0 Å². The van der Waals surface area contributed by atoms with Gasteiger partial charge in [-0.15, -0.1) is 13.2 Å². The molecule has 3 saturated heterocycles. The number of hydrogen-bond acceptors (Lipinski definition) is 6. The summed E-state index contributed by atoms with van der Waals surface area (Å²) >= 11 is 0. The Bertz CT molecular complexity index is 908. The molecule has 2 amide bonds. The fraction of sp³-hybridized carbons (Fsp3) is 0.774. The largest absolute Gasteiger partial charge is 0.465 e. The highest BCUT2D eigenvalue weighted by atomic mass is 16.6. The van der Waals surface area contributed by atoms with Gasteiger partial charge >= 0.3 is 5.97 Å². The van der Waals surface area contributed by atoms with Gasteiger partial charge in [-0.1, -0.05) is 52.2 Å². The van der Waals surface area contributed by atoms with Crippen LogP contribution in [-0.4, -0.2) is 82.3 Å². The molecule has 0 aromatic carbocycles. The number of unbranched alkanes of at least 4 members (excludes halogenated alkanes) is 4. The summed E-state index contributed by atoms with van der Waals surface area (Å²) in [6.07, 6.45) is 10.6. The van der Waals surface area contributed by atoms with E-state index < -0.39 is 41.1 Å². The van der Waals surface area contributed by atoms with Crippen LogP contribution >= 0.6 is 0 Å². The minimum atomic E-state index is -1.12. The summed E-state index contributed by atoms with van der Waals surface area (Å²) in [5, 5.41) is 10.5. The van der Waals surface area contributed by atoms with Crippen LogP contribution in [0.4, 0.5) is 0 Å². The lowest BCUT2D eigenvalue weighted by molar-refractivity contribution is -0.162. The first kappa shape index (κ1) is 31.3. The molecule has 3 fully saturated rings. The molecule has 1 N–H and O–H groups in total. The minimum Gasteiger partial charge on any atom is -0.465 e. The summed E-state index contributed by atoms with van der Waals surface area (Å²) in [6, 6.07) is -1.46. The Kier molecular flexibility index (Phi) is 10.8. The third kappa shape index (κ3) is 5.83. The van der Waals surface area contributed by atoms with Gasteiger partial charge in [0.2, 0.25) is 11.8 Å². The molecule has 220 valence electrons. The molecule has 1 spiro atoms. The Morgan fingerprint density at radius 3 is 2.56 bits per heavy atom. The van der Waals surface area contributed by atoms with Crippen molar-refractivity contribution in [1.29, 1.82) is 0 Å². The fourth-order valence-corrected chi connectivity index (χ4v) is 7.00. The van der Waals surface area contributed by atoms with E-state index in [0.717, 1.165) is 38.5 Å². The second-order valence-electron chi connectivity index (χ2n) is 11.8. The van der Waals surface area contributed by atoms with Crippen LogP contribution in [0.2, 0.25) is 0 Å². The van der Waals surface area contributed by atoms with Gasteiger partial charge in [0.1, 0.15) is 17.6 Å². The molecule has 8 nitrogen and oxygen atoms in total. The van der Waals surface area contributed by atoms with E-state index in [0.29, 0.717) is 32.4 Å². The number of fused-ring (bicyclic) bond motifs is 1. The number of aliphatic hydroxyl groups is 1. The molecule has 0 aromatic rings. The Morgan fingerprint density at radius 1 is 1.21 bits per heavy atom. The van der Waals surface area contributed by atoms with Crippen molar-refractivity contribution < 1.29 is 29.0 Å². The first-order valence-corrected chi connectivity index (χ1v) is 15.0. The third-order valence-electron chi connectivity index (χ3n) is 9.29. The molecule has 7 atom stereocenters. The van der Waals surface area contributed by atoms with Gasteiger partial charge in [0.05, 0.1) is 30.8 Å². The number of likely N-dealkylation sites (tertiary alicyclic amines) is 1. The average molecular weight is 547 g/mol.